The average Bonchev–Trinajstić information content (AvgIpc) is 3.11. The minimum Gasteiger partial charge on any atom is -0.480 e. The van der Waals surface area contributed by atoms with E-state index in [1.807, 2.05) is 13.8 Å². The number of amides is 3. The third-order valence-corrected chi connectivity index (χ3v) is 4.19. The zero-order valence-corrected chi connectivity index (χ0v) is 15.3. The summed E-state index contributed by atoms with van der Waals surface area (Å²) in [6, 6.07) is -3.44. The minimum atomic E-state index is -1.50. The molecule has 0 aliphatic heterocycles. The van der Waals surface area contributed by atoms with Crippen molar-refractivity contribution in [3.05, 3.63) is 18.2 Å². The van der Waals surface area contributed by atoms with E-state index in [2.05, 4.69) is 20.6 Å². The van der Waals surface area contributed by atoms with Gasteiger partial charge in [-0.15, -0.1) is 0 Å². The van der Waals surface area contributed by atoms with E-state index >= 15 is 0 Å². The summed E-state index contributed by atoms with van der Waals surface area (Å²) in [5, 5.41) is 13.9. The molecule has 0 saturated carbocycles. The Labute approximate surface area is 156 Å². The fourth-order valence-electron chi connectivity index (χ4n) is 2.28. The van der Waals surface area contributed by atoms with Gasteiger partial charge in [-0.1, -0.05) is 20.3 Å². The second-order valence-electron chi connectivity index (χ2n) is 6.32. The number of H-pyrrole nitrogens is 1. The van der Waals surface area contributed by atoms with Gasteiger partial charge in [0.05, 0.1) is 18.8 Å². The molecule has 0 aliphatic rings. The molecule has 4 unspecified atom stereocenters. The molecule has 11 nitrogen and oxygen atoms in total. The van der Waals surface area contributed by atoms with Crippen LogP contribution in [0, 0.1) is 5.92 Å². The van der Waals surface area contributed by atoms with Crippen LogP contribution in [0.5, 0.6) is 0 Å². The predicted octanol–water partition coefficient (Wildman–Crippen LogP) is -1.74. The van der Waals surface area contributed by atoms with Gasteiger partial charge in [0.1, 0.15) is 12.1 Å². The van der Waals surface area contributed by atoms with Crippen LogP contribution < -0.4 is 22.1 Å². The number of aliphatic carboxylic acids is 1. The Morgan fingerprint density at radius 3 is 2.33 bits per heavy atom. The van der Waals surface area contributed by atoms with E-state index in [4.69, 9.17) is 16.6 Å². The first-order chi connectivity index (χ1) is 12.6. The fourth-order valence-corrected chi connectivity index (χ4v) is 2.28. The SMILES string of the molecule is CCC(C)C(N)C(=O)NC(Cc1cnc[nH]1)C(=O)NC(CC(N)=O)C(=O)O. The molecule has 1 aromatic heterocycles. The Morgan fingerprint density at radius 1 is 1.22 bits per heavy atom. The van der Waals surface area contributed by atoms with Gasteiger partial charge < -0.3 is 32.2 Å². The summed E-state index contributed by atoms with van der Waals surface area (Å²) in [7, 11) is 0. The Morgan fingerprint density at radius 2 is 1.85 bits per heavy atom. The van der Waals surface area contributed by atoms with E-state index in [-0.39, 0.29) is 12.3 Å². The molecule has 8 N–H and O–H groups in total. The number of hydrogen-bond acceptors (Lipinski definition) is 6. The van der Waals surface area contributed by atoms with Gasteiger partial charge in [0.2, 0.25) is 17.7 Å². The first-order valence-electron chi connectivity index (χ1n) is 8.50. The van der Waals surface area contributed by atoms with Crippen LogP contribution >= 0.6 is 0 Å². The van der Waals surface area contributed by atoms with Crippen molar-refractivity contribution in [3.8, 4) is 0 Å². The summed E-state index contributed by atoms with van der Waals surface area (Å²) in [5.41, 5.74) is 11.4. The second kappa shape index (κ2) is 10.3. The van der Waals surface area contributed by atoms with Crippen LogP contribution in [0.2, 0.25) is 0 Å². The van der Waals surface area contributed by atoms with Crippen molar-refractivity contribution < 1.29 is 24.3 Å². The van der Waals surface area contributed by atoms with Gasteiger partial charge in [-0.25, -0.2) is 9.78 Å². The largest absolute Gasteiger partial charge is 0.480 e. The third kappa shape index (κ3) is 7.05. The van der Waals surface area contributed by atoms with E-state index in [0.29, 0.717) is 12.1 Å². The lowest BCUT2D eigenvalue weighted by molar-refractivity contribution is -0.143. The van der Waals surface area contributed by atoms with Gasteiger partial charge in [-0.3, -0.25) is 14.4 Å². The van der Waals surface area contributed by atoms with Gasteiger partial charge in [0.25, 0.3) is 0 Å². The van der Waals surface area contributed by atoms with Crippen LogP contribution in [0.1, 0.15) is 32.4 Å². The predicted molar refractivity (Wildman–Crippen MR) is 95.0 cm³/mol. The van der Waals surface area contributed by atoms with Crippen LogP contribution in [-0.2, 0) is 25.6 Å². The van der Waals surface area contributed by atoms with Crippen molar-refractivity contribution in [2.45, 2.75) is 51.2 Å². The third-order valence-electron chi connectivity index (χ3n) is 4.19. The lowest BCUT2D eigenvalue weighted by Gasteiger charge is -2.24. The molecule has 1 rings (SSSR count). The van der Waals surface area contributed by atoms with Crippen molar-refractivity contribution in [2.24, 2.45) is 17.4 Å². The highest BCUT2D eigenvalue weighted by molar-refractivity contribution is 5.93. The topological polar surface area (TPSA) is 193 Å². The zero-order chi connectivity index (χ0) is 20.6. The van der Waals surface area contributed by atoms with Gasteiger partial charge in [-0.2, -0.15) is 0 Å². The number of rotatable bonds is 11. The molecule has 0 saturated heterocycles. The zero-order valence-electron chi connectivity index (χ0n) is 15.3. The number of nitrogens with two attached hydrogens (primary N) is 2. The van der Waals surface area contributed by atoms with Crippen LogP contribution in [0.25, 0.3) is 0 Å². The van der Waals surface area contributed by atoms with Crippen molar-refractivity contribution in [1.29, 1.82) is 0 Å². The number of primary amides is 1. The molecule has 3 amide bonds. The van der Waals surface area contributed by atoms with Crippen molar-refractivity contribution in [2.75, 3.05) is 0 Å². The molecule has 27 heavy (non-hydrogen) atoms. The van der Waals surface area contributed by atoms with E-state index in [9.17, 15) is 19.2 Å². The van der Waals surface area contributed by atoms with E-state index in [1.54, 1.807) is 0 Å². The number of imidazole rings is 1. The highest BCUT2D eigenvalue weighted by Gasteiger charge is 2.30. The molecule has 150 valence electrons. The van der Waals surface area contributed by atoms with Crippen molar-refractivity contribution in [1.82, 2.24) is 20.6 Å². The molecule has 0 bridgehead atoms. The first-order valence-corrected chi connectivity index (χ1v) is 8.50. The van der Waals surface area contributed by atoms with Crippen LogP contribution in [0.4, 0.5) is 0 Å². The number of aromatic amines is 1. The lowest BCUT2D eigenvalue weighted by Crippen LogP contribution is -2.56. The molecular formula is C16H26N6O5. The van der Waals surface area contributed by atoms with E-state index in [1.165, 1.54) is 12.5 Å². The van der Waals surface area contributed by atoms with Crippen molar-refractivity contribution >= 4 is 23.7 Å². The monoisotopic (exact) mass is 382 g/mol. The number of carbonyl (C=O) groups excluding carboxylic acids is 3. The summed E-state index contributed by atoms with van der Waals surface area (Å²) in [6.07, 6.45) is 3.01. The minimum absolute atomic E-state index is 0.0354. The van der Waals surface area contributed by atoms with E-state index in [0.717, 1.165) is 0 Å². The normalized spacial score (nSPS) is 15.2. The molecule has 0 spiro atoms. The van der Waals surface area contributed by atoms with Gasteiger partial charge in [-0.05, 0) is 5.92 Å². The van der Waals surface area contributed by atoms with Gasteiger partial charge in [0, 0.05) is 18.3 Å². The number of carboxylic acids is 1. The van der Waals surface area contributed by atoms with Crippen LogP contribution in [0.15, 0.2) is 12.5 Å². The summed E-state index contributed by atoms with van der Waals surface area (Å²) in [5.74, 6) is -3.71. The van der Waals surface area contributed by atoms with Crippen molar-refractivity contribution in [3.63, 3.8) is 0 Å². The number of carboxylic acid groups (broad SMARTS) is 1. The summed E-state index contributed by atoms with van der Waals surface area (Å²) >= 11 is 0. The smallest absolute Gasteiger partial charge is 0.326 e. The summed E-state index contributed by atoms with van der Waals surface area (Å²) in [4.78, 5) is 53.8. The standard InChI is InChI=1S/C16H26N6O5/c1-3-8(2)13(18)15(25)21-10(4-9-6-19-7-20-9)14(24)22-11(16(26)27)5-12(17)23/h6-8,10-11,13H,3-5,18H2,1-2H3,(H2,17,23)(H,19,20)(H,21,25)(H,22,24)(H,26,27). The number of carbonyl (C=O) groups is 4. The number of nitrogens with zero attached hydrogens (tertiary/aromatic N) is 1. The Bertz CT molecular complexity index is 662. The van der Waals surface area contributed by atoms with E-state index < -0.39 is 48.2 Å². The second-order valence-corrected chi connectivity index (χ2v) is 6.32. The molecule has 0 radical (unpaired) electrons. The molecule has 0 aliphatic carbocycles. The Hall–Kier alpha value is -2.95. The highest BCUT2D eigenvalue weighted by Crippen LogP contribution is 2.07. The summed E-state index contributed by atoms with van der Waals surface area (Å²) in [6.45, 7) is 3.69. The fraction of sp³-hybridized carbons (Fsp3) is 0.562. The average molecular weight is 382 g/mol. The Balaban J connectivity index is 2.92. The molecule has 4 atom stereocenters. The van der Waals surface area contributed by atoms with Crippen LogP contribution in [-0.4, -0.2) is 56.9 Å². The first kappa shape index (κ1) is 22.1. The molecule has 0 aromatic carbocycles. The molecular weight excluding hydrogens is 356 g/mol. The van der Waals surface area contributed by atoms with Gasteiger partial charge in [0.15, 0.2) is 0 Å². The quantitative estimate of drug-likeness (QED) is 0.261. The maximum absolute atomic E-state index is 12.5. The van der Waals surface area contributed by atoms with Gasteiger partial charge >= 0.3 is 5.97 Å². The molecule has 0 fully saturated rings. The van der Waals surface area contributed by atoms with Crippen LogP contribution in [0.3, 0.4) is 0 Å². The molecule has 1 aromatic rings. The lowest BCUT2D eigenvalue weighted by atomic mass is 9.98. The number of aromatic nitrogens is 2. The number of hydrogen-bond donors (Lipinski definition) is 6. The molecule has 1 heterocycles. The summed E-state index contributed by atoms with van der Waals surface area (Å²) < 4.78 is 0. The highest BCUT2D eigenvalue weighted by atomic mass is 16.4. The Kier molecular flexibility index (Phi) is 8.39. The maximum atomic E-state index is 12.5. The number of nitrogens with one attached hydrogen (secondary N) is 3. The molecule has 11 heteroatoms. The maximum Gasteiger partial charge on any atom is 0.326 e.